The van der Waals surface area contributed by atoms with E-state index in [1.807, 2.05) is 27.7 Å². The van der Waals surface area contributed by atoms with Crippen LogP contribution in [0.15, 0.2) is 22.3 Å². The summed E-state index contributed by atoms with van der Waals surface area (Å²) in [5.74, 6) is 0.801. The number of hydrogen-bond acceptors (Lipinski definition) is 7. The van der Waals surface area contributed by atoms with Crippen molar-refractivity contribution in [3.05, 3.63) is 22.7 Å². The largest absolute Gasteiger partial charge is 0.444 e. The average Bonchev–Trinajstić information content (AvgIpc) is 2.61. The lowest BCUT2D eigenvalue weighted by Gasteiger charge is -2.34. The molecule has 0 saturated carbocycles. The number of ether oxygens (including phenoxy) is 1. The van der Waals surface area contributed by atoms with Crippen molar-refractivity contribution < 1.29 is 9.53 Å². The molecular formula is C18H25N5O3S. The summed E-state index contributed by atoms with van der Waals surface area (Å²) >= 11 is 1.52. The van der Waals surface area contributed by atoms with Gasteiger partial charge in [-0.15, -0.1) is 0 Å². The van der Waals surface area contributed by atoms with Crippen LogP contribution < -0.4 is 5.56 Å². The molecule has 0 aromatic carbocycles. The molecule has 1 aliphatic rings. The monoisotopic (exact) mass is 391 g/mol. The first-order valence-electron chi connectivity index (χ1n) is 9.14. The fourth-order valence-electron chi connectivity index (χ4n) is 3.09. The minimum absolute atomic E-state index is 0.0239. The Hall–Kier alpha value is -2.16. The fourth-order valence-corrected chi connectivity index (χ4v) is 3.88. The minimum atomic E-state index is -0.517. The average molecular weight is 391 g/mol. The number of rotatable bonds is 3. The van der Waals surface area contributed by atoms with Crippen molar-refractivity contribution in [2.45, 2.75) is 57.3 Å². The lowest BCUT2D eigenvalue weighted by atomic mass is 10.1. The first kappa shape index (κ1) is 19.6. The topological polar surface area (TPSA) is 90.2 Å². The van der Waals surface area contributed by atoms with Gasteiger partial charge < -0.3 is 9.64 Å². The summed E-state index contributed by atoms with van der Waals surface area (Å²) in [6.07, 6.45) is 4.08. The van der Waals surface area contributed by atoms with E-state index in [2.05, 4.69) is 15.0 Å². The van der Waals surface area contributed by atoms with Gasteiger partial charge in [0.15, 0.2) is 16.3 Å². The van der Waals surface area contributed by atoms with Crippen LogP contribution in [-0.4, -0.2) is 55.0 Å². The summed E-state index contributed by atoms with van der Waals surface area (Å²) in [5, 5.41) is 0.659. The van der Waals surface area contributed by atoms with Crippen molar-refractivity contribution >= 4 is 29.0 Å². The number of piperidine rings is 1. The van der Waals surface area contributed by atoms with E-state index in [0.717, 1.165) is 5.75 Å². The summed E-state index contributed by atoms with van der Waals surface area (Å²) < 4.78 is 7.18. The Morgan fingerprint density at radius 3 is 2.56 bits per heavy atom. The van der Waals surface area contributed by atoms with E-state index in [4.69, 9.17) is 4.74 Å². The van der Waals surface area contributed by atoms with Crippen molar-refractivity contribution in [2.24, 2.45) is 0 Å². The molecule has 3 rings (SSSR count). The molecule has 8 nitrogen and oxygen atoms in total. The van der Waals surface area contributed by atoms with E-state index in [1.165, 1.54) is 18.0 Å². The van der Waals surface area contributed by atoms with Crippen molar-refractivity contribution in [1.82, 2.24) is 24.4 Å². The molecule has 27 heavy (non-hydrogen) atoms. The second-order valence-electron chi connectivity index (χ2n) is 7.43. The maximum Gasteiger partial charge on any atom is 0.410 e. The fraction of sp³-hybridized carbons (Fsp3) is 0.611. The first-order valence-corrected chi connectivity index (χ1v) is 10.1. The molecule has 1 aliphatic heterocycles. The molecule has 0 aliphatic carbocycles. The Labute approximate surface area is 162 Å². The predicted octanol–water partition coefficient (Wildman–Crippen LogP) is 2.87. The molecule has 2 aromatic rings. The Kier molecular flexibility index (Phi) is 5.69. The highest BCUT2D eigenvalue weighted by molar-refractivity contribution is 7.99. The summed E-state index contributed by atoms with van der Waals surface area (Å²) in [7, 11) is 0. The summed E-state index contributed by atoms with van der Waals surface area (Å²) in [5.41, 5.74) is -0.0234. The van der Waals surface area contributed by atoms with Gasteiger partial charge in [0.2, 0.25) is 0 Å². The first-order chi connectivity index (χ1) is 12.8. The van der Waals surface area contributed by atoms with Crippen LogP contribution in [0.4, 0.5) is 4.79 Å². The number of fused-ring (bicyclic) bond motifs is 1. The van der Waals surface area contributed by atoms with E-state index in [0.29, 0.717) is 36.7 Å². The molecule has 2 aromatic heterocycles. The number of carbonyl (C=O) groups is 1. The Morgan fingerprint density at radius 2 is 1.93 bits per heavy atom. The van der Waals surface area contributed by atoms with Crippen molar-refractivity contribution in [3.63, 3.8) is 0 Å². The molecule has 0 radical (unpaired) electrons. The van der Waals surface area contributed by atoms with Gasteiger partial charge >= 0.3 is 6.09 Å². The van der Waals surface area contributed by atoms with Gasteiger partial charge in [-0.3, -0.25) is 9.36 Å². The zero-order valence-corrected chi connectivity index (χ0v) is 17.0. The van der Waals surface area contributed by atoms with Crippen molar-refractivity contribution in [3.8, 4) is 0 Å². The molecule has 0 unspecified atom stereocenters. The second-order valence-corrected chi connectivity index (χ2v) is 8.66. The van der Waals surface area contributed by atoms with Gasteiger partial charge in [0, 0.05) is 31.5 Å². The van der Waals surface area contributed by atoms with E-state index in [1.54, 1.807) is 15.7 Å². The molecule has 0 N–H and O–H groups in total. The third-order valence-corrected chi connectivity index (χ3v) is 5.10. The molecule has 9 heteroatoms. The highest BCUT2D eigenvalue weighted by Crippen LogP contribution is 2.27. The van der Waals surface area contributed by atoms with Gasteiger partial charge in [-0.2, -0.15) is 0 Å². The van der Waals surface area contributed by atoms with Gasteiger partial charge in [0.25, 0.3) is 5.56 Å². The molecular weight excluding hydrogens is 366 g/mol. The standard InChI is InChI=1S/C18H25N5O3S/c1-5-27-16-21-14-13(19-8-9-20-14)15(24)23(16)12-6-10-22(11-7-12)17(25)26-18(2,3)4/h8-9,12H,5-7,10-11H2,1-4H3. The van der Waals surface area contributed by atoms with Crippen LogP contribution in [0.5, 0.6) is 0 Å². The normalized spacial score (nSPS) is 15.9. The van der Waals surface area contributed by atoms with E-state index in [9.17, 15) is 9.59 Å². The van der Waals surface area contributed by atoms with Crippen LogP contribution in [-0.2, 0) is 4.74 Å². The van der Waals surface area contributed by atoms with Crippen LogP contribution >= 0.6 is 11.8 Å². The van der Waals surface area contributed by atoms with Crippen LogP contribution in [0.1, 0.15) is 46.6 Å². The highest BCUT2D eigenvalue weighted by atomic mass is 32.2. The molecule has 0 bridgehead atoms. The smallest absolute Gasteiger partial charge is 0.410 e. The quantitative estimate of drug-likeness (QED) is 0.587. The second kappa shape index (κ2) is 7.84. The Morgan fingerprint density at radius 1 is 1.26 bits per heavy atom. The lowest BCUT2D eigenvalue weighted by Crippen LogP contribution is -2.43. The lowest BCUT2D eigenvalue weighted by molar-refractivity contribution is 0.0184. The minimum Gasteiger partial charge on any atom is -0.444 e. The maximum atomic E-state index is 13.0. The van der Waals surface area contributed by atoms with Crippen LogP contribution in [0, 0.1) is 0 Å². The predicted molar refractivity (Wildman–Crippen MR) is 104 cm³/mol. The molecule has 1 fully saturated rings. The molecule has 0 atom stereocenters. The molecule has 1 amide bonds. The van der Waals surface area contributed by atoms with Crippen LogP contribution in [0.25, 0.3) is 11.2 Å². The van der Waals surface area contributed by atoms with E-state index >= 15 is 0 Å². The van der Waals surface area contributed by atoms with Gasteiger partial charge in [-0.25, -0.2) is 19.7 Å². The zero-order valence-electron chi connectivity index (χ0n) is 16.1. The number of nitrogens with zero attached hydrogens (tertiary/aromatic N) is 5. The number of carbonyl (C=O) groups excluding carboxylic acids is 1. The molecule has 146 valence electrons. The summed E-state index contributed by atoms with van der Waals surface area (Å²) in [6, 6.07) is -0.0239. The van der Waals surface area contributed by atoms with Gasteiger partial charge in [-0.1, -0.05) is 18.7 Å². The van der Waals surface area contributed by atoms with Gasteiger partial charge in [0.1, 0.15) is 5.60 Å². The summed E-state index contributed by atoms with van der Waals surface area (Å²) in [6.45, 7) is 8.67. The number of amides is 1. The Balaban J connectivity index is 1.84. The van der Waals surface area contributed by atoms with E-state index in [-0.39, 0.29) is 23.2 Å². The zero-order chi connectivity index (χ0) is 19.6. The summed E-state index contributed by atoms with van der Waals surface area (Å²) in [4.78, 5) is 39.9. The number of hydrogen-bond donors (Lipinski definition) is 0. The third kappa shape index (κ3) is 4.40. The number of thioether (sulfide) groups is 1. The van der Waals surface area contributed by atoms with Crippen LogP contribution in [0.3, 0.4) is 0 Å². The maximum absolute atomic E-state index is 13.0. The molecule has 0 spiro atoms. The van der Waals surface area contributed by atoms with Crippen LogP contribution in [0.2, 0.25) is 0 Å². The van der Waals surface area contributed by atoms with E-state index < -0.39 is 5.60 Å². The van der Waals surface area contributed by atoms with Crippen molar-refractivity contribution in [1.29, 1.82) is 0 Å². The number of likely N-dealkylation sites (tertiary alicyclic amines) is 1. The molecule has 1 saturated heterocycles. The Bertz CT molecular complexity index is 885. The highest BCUT2D eigenvalue weighted by Gasteiger charge is 2.29. The number of aromatic nitrogens is 4. The van der Waals surface area contributed by atoms with Gasteiger partial charge in [0.05, 0.1) is 0 Å². The van der Waals surface area contributed by atoms with Gasteiger partial charge in [-0.05, 0) is 39.4 Å². The molecule has 3 heterocycles. The third-order valence-electron chi connectivity index (χ3n) is 4.26. The van der Waals surface area contributed by atoms with Crippen molar-refractivity contribution in [2.75, 3.05) is 18.8 Å². The SMILES string of the molecule is CCSc1nc2nccnc2c(=O)n1C1CCN(C(=O)OC(C)(C)C)CC1.